The molecule has 1 aromatic rings. The molecule has 0 radical (unpaired) electrons. The van der Waals surface area contributed by atoms with Gasteiger partial charge < -0.3 is 5.11 Å². The molecule has 1 rings (SSSR count). The van der Waals surface area contributed by atoms with Crippen molar-refractivity contribution in [2.45, 2.75) is 12.3 Å². The molecular weight excluding hydrogens is 217 g/mol. The summed E-state index contributed by atoms with van der Waals surface area (Å²) in [5, 5.41) is 7.81. The fourth-order valence-electron chi connectivity index (χ4n) is 1.06. The van der Waals surface area contributed by atoms with Crippen LogP contribution in [0.25, 0.3) is 0 Å². The van der Waals surface area contributed by atoms with Crippen LogP contribution in [0.3, 0.4) is 0 Å². The number of aliphatic hydroxyl groups excluding tert-OH is 1. The molecule has 0 aliphatic rings. The van der Waals surface area contributed by atoms with Gasteiger partial charge in [0, 0.05) is 18.6 Å². The van der Waals surface area contributed by atoms with Gasteiger partial charge in [0.15, 0.2) is 0 Å². The van der Waals surface area contributed by atoms with Gasteiger partial charge in [-0.05, 0) is 6.07 Å². The Labute approximate surface area is 84.1 Å². The lowest BCUT2D eigenvalue weighted by molar-refractivity contribution is -0.0270. The standard InChI is InChI=1S/C9H8ClF3O/c10-8-6(2-1-3-7(8)11)9(12,13)4-5-14/h1-3,14H,4-5H2. The largest absolute Gasteiger partial charge is 0.396 e. The molecule has 0 aliphatic heterocycles. The first-order chi connectivity index (χ1) is 6.49. The van der Waals surface area contributed by atoms with Crippen molar-refractivity contribution >= 4 is 11.6 Å². The van der Waals surface area contributed by atoms with Gasteiger partial charge in [-0.3, -0.25) is 0 Å². The minimum Gasteiger partial charge on any atom is -0.396 e. The SMILES string of the molecule is OCCC(F)(F)c1cccc(F)c1Cl. The van der Waals surface area contributed by atoms with Gasteiger partial charge in [0.1, 0.15) is 5.82 Å². The molecule has 0 atom stereocenters. The van der Waals surface area contributed by atoms with Crippen LogP contribution in [-0.2, 0) is 5.92 Å². The second-order valence-electron chi connectivity index (χ2n) is 2.78. The quantitative estimate of drug-likeness (QED) is 0.837. The number of hydrogen-bond donors (Lipinski definition) is 1. The van der Waals surface area contributed by atoms with Crippen LogP contribution in [0.15, 0.2) is 18.2 Å². The third-order valence-corrected chi connectivity index (χ3v) is 2.16. The zero-order valence-electron chi connectivity index (χ0n) is 7.11. The maximum Gasteiger partial charge on any atom is 0.276 e. The Morgan fingerprint density at radius 3 is 2.57 bits per heavy atom. The van der Waals surface area contributed by atoms with Gasteiger partial charge in [-0.1, -0.05) is 23.7 Å². The van der Waals surface area contributed by atoms with E-state index in [1.54, 1.807) is 0 Å². The van der Waals surface area contributed by atoms with Crippen molar-refractivity contribution in [1.82, 2.24) is 0 Å². The van der Waals surface area contributed by atoms with Crippen molar-refractivity contribution in [2.24, 2.45) is 0 Å². The Hall–Kier alpha value is -0.740. The molecule has 0 fully saturated rings. The van der Waals surface area contributed by atoms with Gasteiger partial charge in [0.25, 0.3) is 5.92 Å². The molecule has 5 heteroatoms. The van der Waals surface area contributed by atoms with Crippen molar-refractivity contribution in [3.05, 3.63) is 34.6 Å². The van der Waals surface area contributed by atoms with E-state index >= 15 is 0 Å². The maximum absolute atomic E-state index is 13.2. The third kappa shape index (κ3) is 2.19. The second-order valence-corrected chi connectivity index (χ2v) is 3.16. The molecule has 0 aromatic heterocycles. The van der Waals surface area contributed by atoms with Crippen molar-refractivity contribution in [2.75, 3.05) is 6.61 Å². The summed E-state index contributed by atoms with van der Waals surface area (Å²) in [5.41, 5.74) is -0.590. The minimum atomic E-state index is -3.30. The van der Waals surface area contributed by atoms with Crippen LogP contribution in [0.5, 0.6) is 0 Å². The predicted octanol–water partition coefficient (Wildman–Crippen LogP) is 2.95. The monoisotopic (exact) mass is 224 g/mol. The van der Waals surface area contributed by atoms with Crippen molar-refractivity contribution in [1.29, 1.82) is 0 Å². The van der Waals surface area contributed by atoms with E-state index in [-0.39, 0.29) is 0 Å². The van der Waals surface area contributed by atoms with Gasteiger partial charge in [-0.25, -0.2) is 13.2 Å². The molecule has 0 saturated heterocycles. The molecule has 1 nitrogen and oxygen atoms in total. The van der Waals surface area contributed by atoms with Crippen molar-refractivity contribution in [3.8, 4) is 0 Å². The van der Waals surface area contributed by atoms with Crippen LogP contribution in [0.1, 0.15) is 12.0 Å². The second kappa shape index (κ2) is 4.19. The average molecular weight is 225 g/mol. The Morgan fingerprint density at radius 1 is 1.36 bits per heavy atom. The maximum atomic E-state index is 13.2. The summed E-state index contributed by atoms with van der Waals surface area (Å²) < 4.78 is 39.2. The molecule has 14 heavy (non-hydrogen) atoms. The van der Waals surface area contributed by atoms with Crippen LogP contribution >= 0.6 is 11.6 Å². The summed E-state index contributed by atoms with van der Waals surface area (Å²) in [4.78, 5) is 0. The molecule has 0 heterocycles. The van der Waals surface area contributed by atoms with Gasteiger partial charge in [0.05, 0.1) is 5.02 Å². The zero-order valence-corrected chi connectivity index (χ0v) is 7.86. The number of aliphatic hydroxyl groups is 1. The highest BCUT2D eigenvalue weighted by atomic mass is 35.5. The molecule has 0 aliphatic carbocycles. The van der Waals surface area contributed by atoms with Gasteiger partial charge in [-0.2, -0.15) is 0 Å². The Morgan fingerprint density at radius 2 is 2.00 bits per heavy atom. The number of rotatable bonds is 3. The van der Waals surface area contributed by atoms with Crippen LogP contribution in [0, 0.1) is 5.82 Å². The van der Waals surface area contributed by atoms with E-state index in [1.165, 1.54) is 0 Å². The highest BCUT2D eigenvalue weighted by Gasteiger charge is 2.33. The predicted molar refractivity (Wildman–Crippen MR) is 47.0 cm³/mol. The molecule has 0 unspecified atom stereocenters. The molecule has 78 valence electrons. The highest BCUT2D eigenvalue weighted by Crippen LogP contribution is 2.36. The highest BCUT2D eigenvalue weighted by molar-refractivity contribution is 6.31. The van der Waals surface area contributed by atoms with E-state index in [0.717, 1.165) is 18.2 Å². The molecule has 0 amide bonds. The number of benzene rings is 1. The summed E-state index contributed by atoms with van der Waals surface area (Å²) in [6.45, 7) is -0.681. The summed E-state index contributed by atoms with van der Waals surface area (Å²) >= 11 is 5.38. The van der Waals surface area contributed by atoms with E-state index in [2.05, 4.69) is 0 Å². The van der Waals surface area contributed by atoms with Crippen molar-refractivity contribution in [3.63, 3.8) is 0 Å². The van der Waals surface area contributed by atoms with Crippen LogP contribution in [0.4, 0.5) is 13.2 Å². The smallest absolute Gasteiger partial charge is 0.276 e. The van der Waals surface area contributed by atoms with Gasteiger partial charge >= 0.3 is 0 Å². The number of halogens is 4. The molecule has 0 spiro atoms. The van der Waals surface area contributed by atoms with E-state index in [0.29, 0.717) is 0 Å². The Balaban J connectivity index is 3.12. The lowest BCUT2D eigenvalue weighted by Gasteiger charge is -2.16. The first-order valence-electron chi connectivity index (χ1n) is 3.92. The molecule has 1 N–H and O–H groups in total. The van der Waals surface area contributed by atoms with Crippen LogP contribution in [-0.4, -0.2) is 11.7 Å². The molecule has 1 aromatic carbocycles. The van der Waals surface area contributed by atoms with Crippen molar-refractivity contribution < 1.29 is 18.3 Å². The molecule has 0 bridgehead atoms. The fourth-order valence-corrected chi connectivity index (χ4v) is 1.33. The Kier molecular flexibility index (Phi) is 3.39. The first-order valence-corrected chi connectivity index (χ1v) is 4.30. The molecule has 0 saturated carbocycles. The summed E-state index contributed by atoms with van der Waals surface area (Å²) in [6.07, 6.45) is -0.768. The van der Waals surface area contributed by atoms with E-state index in [9.17, 15) is 13.2 Å². The lowest BCUT2D eigenvalue weighted by atomic mass is 10.1. The lowest BCUT2D eigenvalue weighted by Crippen LogP contribution is -2.16. The Bertz CT molecular complexity index is 328. The zero-order chi connectivity index (χ0) is 10.8. The summed E-state index contributed by atoms with van der Waals surface area (Å²) in [7, 11) is 0. The minimum absolute atomic E-state index is 0.590. The summed E-state index contributed by atoms with van der Waals surface area (Å²) in [5.74, 6) is -4.18. The first kappa shape index (κ1) is 11.3. The number of hydrogen-bond acceptors (Lipinski definition) is 1. The topological polar surface area (TPSA) is 20.2 Å². The van der Waals surface area contributed by atoms with Crippen LogP contribution in [0.2, 0.25) is 5.02 Å². The summed E-state index contributed by atoms with van der Waals surface area (Å²) in [6, 6.07) is 3.20. The van der Waals surface area contributed by atoms with Crippen LogP contribution < -0.4 is 0 Å². The average Bonchev–Trinajstić information content (AvgIpc) is 2.09. The van der Waals surface area contributed by atoms with E-state index in [1.807, 2.05) is 0 Å². The normalized spacial score (nSPS) is 11.8. The third-order valence-electron chi connectivity index (χ3n) is 1.77. The van der Waals surface area contributed by atoms with Gasteiger partial charge in [-0.15, -0.1) is 0 Å². The van der Waals surface area contributed by atoms with Gasteiger partial charge in [0.2, 0.25) is 0 Å². The fraction of sp³-hybridized carbons (Fsp3) is 0.333. The molecular formula is C9H8ClF3O. The number of alkyl halides is 2. The van der Waals surface area contributed by atoms with E-state index in [4.69, 9.17) is 16.7 Å². The van der Waals surface area contributed by atoms with E-state index < -0.39 is 35.4 Å².